The van der Waals surface area contributed by atoms with E-state index in [1.54, 1.807) is 7.11 Å². The molecular formula is C11H16BrNO2. The van der Waals surface area contributed by atoms with Gasteiger partial charge in [0.1, 0.15) is 5.75 Å². The molecule has 0 aliphatic heterocycles. The van der Waals surface area contributed by atoms with E-state index in [9.17, 15) is 0 Å². The van der Waals surface area contributed by atoms with Gasteiger partial charge in [-0.05, 0) is 46.5 Å². The Morgan fingerprint density at radius 3 is 2.73 bits per heavy atom. The SMILES string of the molecule is COc1ccc(C(N)CCO)c(C)c1Br. The van der Waals surface area contributed by atoms with Gasteiger partial charge in [0, 0.05) is 12.6 Å². The van der Waals surface area contributed by atoms with Crippen LogP contribution in [0.1, 0.15) is 23.6 Å². The quantitative estimate of drug-likeness (QED) is 0.884. The Morgan fingerprint density at radius 1 is 1.53 bits per heavy atom. The molecule has 3 N–H and O–H groups in total. The molecule has 3 nitrogen and oxygen atoms in total. The number of aliphatic hydroxyl groups excluding tert-OH is 1. The third kappa shape index (κ3) is 2.71. The largest absolute Gasteiger partial charge is 0.496 e. The summed E-state index contributed by atoms with van der Waals surface area (Å²) in [5.74, 6) is 0.799. The molecule has 0 aromatic heterocycles. The third-order valence-electron chi connectivity index (χ3n) is 2.45. The molecule has 0 saturated carbocycles. The van der Waals surface area contributed by atoms with Crippen molar-refractivity contribution in [3.8, 4) is 5.75 Å². The number of methoxy groups -OCH3 is 1. The highest BCUT2D eigenvalue weighted by Crippen LogP contribution is 2.32. The van der Waals surface area contributed by atoms with Crippen LogP contribution in [0.2, 0.25) is 0 Å². The van der Waals surface area contributed by atoms with Crippen LogP contribution in [0, 0.1) is 6.92 Å². The van der Waals surface area contributed by atoms with E-state index < -0.39 is 0 Å². The van der Waals surface area contributed by atoms with Crippen molar-refractivity contribution >= 4 is 15.9 Å². The van der Waals surface area contributed by atoms with Crippen LogP contribution in [-0.4, -0.2) is 18.8 Å². The van der Waals surface area contributed by atoms with Crippen LogP contribution < -0.4 is 10.5 Å². The summed E-state index contributed by atoms with van der Waals surface area (Å²) in [5.41, 5.74) is 8.05. The van der Waals surface area contributed by atoms with Gasteiger partial charge < -0.3 is 15.6 Å². The van der Waals surface area contributed by atoms with E-state index in [-0.39, 0.29) is 12.6 Å². The molecule has 0 heterocycles. The van der Waals surface area contributed by atoms with E-state index in [1.165, 1.54) is 0 Å². The highest BCUT2D eigenvalue weighted by molar-refractivity contribution is 9.10. The van der Waals surface area contributed by atoms with Gasteiger partial charge in [0.05, 0.1) is 11.6 Å². The molecule has 0 aliphatic rings. The molecule has 4 heteroatoms. The standard InChI is InChI=1S/C11H16BrNO2/c1-7-8(9(13)5-6-14)3-4-10(15-2)11(7)12/h3-4,9,14H,5-6,13H2,1-2H3. The van der Waals surface area contributed by atoms with Gasteiger partial charge in [-0.1, -0.05) is 6.07 Å². The van der Waals surface area contributed by atoms with Crippen molar-refractivity contribution in [2.75, 3.05) is 13.7 Å². The van der Waals surface area contributed by atoms with Gasteiger partial charge in [0.2, 0.25) is 0 Å². The molecule has 0 amide bonds. The second-order valence-electron chi connectivity index (χ2n) is 3.41. The van der Waals surface area contributed by atoms with Crippen molar-refractivity contribution in [2.45, 2.75) is 19.4 Å². The van der Waals surface area contributed by atoms with Crippen molar-refractivity contribution in [1.82, 2.24) is 0 Å². The number of hydrogen-bond acceptors (Lipinski definition) is 3. The topological polar surface area (TPSA) is 55.5 Å². The van der Waals surface area contributed by atoms with Crippen molar-refractivity contribution in [3.05, 3.63) is 27.7 Å². The van der Waals surface area contributed by atoms with E-state index in [4.69, 9.17) is 15.6 Å². The van der Waals surface area contributed by atoms with E-state index in [0.29, 0.717) is 6.42 Å². The minimum atomic E-state index is -0.128. The number of rotatable bonds is 4. The molecule has 1 aromatic rings. The zero-order valence-corrected chi connectivity index (χ0v) is 10.5. The van der Waals surface area contributed by atoms with Crippen LogP contribution in [0.4, 0.5) is 0 Å². The molecule has 1 rings (SSSR count). The molecule has 1 unspecified atom stereocenters. The molecule has 0 aliphatic carbocycles. The summed E-state index contributed by atoms with van der Waals surface area (Å²) in [6.45, 7) is 2.09. The lowest BCUT2D eigenvalue weighted by Crippen LogP contribution is -2.13. The van der Waals surface area contributed by atoms with Crippen LogP contribution in [0.25, 0.3) is 0 Å². The highest BCUT2D eigenvalue weighted by Gasteiger charge is 2.13. The van der Waals surface area contributed by atoms with Gasteiger partial charge in [0.25, 0.3) is 0 Å². The summed E-state index contributed by atoms with van der Waals surface area (Å²) in [7, 11) is 1.63. The lowest BCUT2D eigenvalue weighted by atomic mass is 9.99. The van der Waals surface area contributed by atoms with Gasteiger partial charge in [0.15, 0.2) is 0 Å². The van der Waals surface area contributed by atoms with Crippen molar-refractivity contribution < 1.29 is 9.84 Å². The maximum absolute atomic E-state index is 8.84. The van der Waals surface area contributed by atoms with Gasteiger partial charge in [-0.15, -0.1) is 0 Å². The molecule has 0 spiro atoms. The molecule has 1 aromatic carbocycles. The molecule has 0 bridgehead atoms. The first-order valence-electron chi connectivity index (χ1n) is 4.81. The summed E-state index contributed by atoms with van der Waals surface area (Å²) >= 11 is 3.47. The lowest BCUT2D eigenvalue weighted by molar-refractivity contribution is 0.276. The number of nitrogens with two attached hydrogens (primary N) is 1. The molecule has 84 valence electrons. The average Bonchev–Trinajstić information content (AvgIpc) is 2.22. The number of benzene rings is 1. The third-order valence-corrected chi connectivity index (χ3v) is 3.44. The zero-order chi connectivity index (χ0) is 11.4. The minimum absolute atomic E-state index is 0.101. The summed E-state index contributed by atoms with van der Waals surface area (Å²) in [4.78, 5) is 0. The van der Waals surface area contributed by atoms with E-state index in [2.05, 4.69) is 15.9 Å². The predicted molar refractivity (Wildman–Crippen MR) is 64.1 cm³/mol. The number of halogens is 1. The number of aliphatic hydroxyl groups is 1. The molecule has 15 heavy (non-hydrogen) atoms. The van der Waals surface area contributed by atoms with Crippen LogP contribution in [0.15, 0.2) is 16.6 Å². The normalized spacial score (nSPS) is 12.6. The summed E-state index contributed by atoms with van der Waals surface area (Å²) in [6.07, 6.45) is 0.569. The molecule has 1 atom stereocenters. The molecule has 0 saturated heterocycles. The minimum Gasteiger partial charge on any atom is -0.496 e. The summed E-state index contributed by atoms with van der Waals surface area (Å²) < 4.78 is 6.11. The lowest BCUT2D eigenvalue weighted by Gasteiger charge is -2.16. The van der Waals surface area contributed by atoms with Gasteiger partial charge in [-0.25, -0.2) is 0 Å². The fourth-order valence-corrected chi connectivity index (χ4v) is 2.05. The van der Waals surface area contributed by atoms with Gasteiger partial charge in [-0.3, -0.25) is 0 Å². The van der Waals surface area contributed by atoms with Crippen molar-refractivity contribution in [1.29, 1.82) is 0 Å². The Morgan fingerprint density at radius 2 is 2.20 bits per heavy atom. The molecular weight excluding hydrogens is 258 g/mol. The molecule has 0 radical (unpaired) electrons. The first-order valence-corrected chi connectivity index (χ1v) is 5.60. The molecule has 0 fully saturated rings. The van der Waals surface area contributed by atoms with E-state index in [0.717, 1.165) is 21.3 Å². The Labute approximate surface area is 98.4 Å². The maximum Gasteiger partial charge on any atom is 0.133 e. The summed E-state index contributed by atoms with van der Waals surface area (Å²) in [6, 6.07) is 3.69. The van der Waals surface area contributed by atoms with Gasteiger partial charge in [-0.2, -0.15) is 0 Å². The Kier molecular flexibility index (Phi) is 4.57. The van der Waals surface area contributed by atoms with Crippen LogP contribution in [0.3, 0.4) is 0 Å². The van der Waals surface area contributed by atoms with Crippen LogP contribution in [-0.2, 0) is 0 Å². The van der Waals surface area contributed by atoms with Crippen LogP contribution >= 0.6 is 15.9 Å². The number of hydrogen-bond donors (Lipinski definition) is 2. The summed E-state index contributed by atoms with van der Waals surface area (Å²) in [5, 5.41) is 8.84. The first kappa shape index (κ1) is 12.5. The Bertz CT molecular complexity index is 342. The van der Waals surface area contributed by atoms with E-state index >= 15 is 0 Å². The monoisotopic (exact) mass is 273 g/mol. The zero-order valence-electron chi connectivity index (χ0n) is 8.96. The second kappa shape index (κ2) is 5.49. The predicted octanol–water partition coefficient (Wildman–Crippen LogP) is 2.15. The first-order chi connectivity index (χ1) is 7.11. The van der Waals surface area contributed by atoms with E-state index in [1.807, 2.05) is 19.1 Å². The highest BCUT2D eigenvalue weighted by atomic mass is 79.9. The Balaban J connectivity index is 3.06. The second-order valence-corrected chi connectivity index (χ2v) is 4.21. The fourth-order valence-electron chi connectivity index (χ4n) is 1.53. The van der Waals surface area contributed by atoms with Gasteiger partial charge >= 0.3 is 0 Å². The van der Waals surface area contributed by atoms with Crippen molar-refractivity contribution in [3.63, 3.8) is 0 Å². The average molecular weight is 274 g/mol. The number of ether oxygens (including phenoxy) is 1. The van der Waals surface area contributed by atoms with Crippen molar-refractivity contribution in [2.24, 2.45) is 5.73 Å². The van der Waals surface area contributed by atoms with Crippen LogP contribution in [0.5, 0.6) is 5.75 Å². The smallest absolute Gasteiger partial charge is 0.133 e. The fraction of sp³-hybridized carbons (Fsp3) is 0.455. The maximum atomic E-state index is 8.84. The Hall–Kier alpha value is -0.580.